The minimum absolute atomic E-state index is 0.102. The normalized spacial score (nSPS) is 13.5. The average molecular weight is 429 g/mol. The summed E-state index contributed by atoms with van der Waals surface area (Å²) in [6.07, 6.45) is 7.95. The number of allylic oxidation sites excluding steroid dienone is 4. The van der Waals surface area contributed by atoms with Crippen molar-refractivity contribution < 1.29 is 0 Å². The van der Waals surface area contributed by atoms with Crippen LogP contribution < -0.4 is 5.32 Å². The van der Waals surface area contributed by atoms with Crippen LogP contribution in [0.5, 0.6) is 0 Å². The van der Waals surface area contributed by atoms with E-state index in [1.165, 1.54) is 0 Å². The van der Waals surface area contributed by atoms with Crippen molar-refractivity contribution in [2.24, 2.45) is 0 Å². The molecule has 1 atom stereocenters. The predicted octanol–water partition coefficient (Wildman–Crippen LogP) is 7.96. The molecule has 4 heteroatoms. The average Bonchev–Trinajstić information content (AvgIpc) is 3.09. The van der Waals surface area contributed by atoms with Crippen molar-refractivity contribution in [3.63, 3.8) is 0 Å². The second kappa shape index (κ2) is 10.0. The molecule has 1 heterocycles. The van der Waals surface area contributed by atoms with Crippen molar-refractivity contribution in [3.05, 3.63) is 99.5 Å². The topological polar surface area (TPSA) is 17.0 Å². The summed E-state index contributed by atoms with van der Waals surface area (Å²) in [5.41, 5.74) is 6.26. The maximum atomic E-state index is 6.38. The van der Waals surface area contributed by atoms with E-state index in [4.69, 9.17) is 23.2 Å². The van der Waals surface area contributed by atoms with Crippen LogP contribution in [0.3, 0.4) is 0 Å². The molecule has 0 aliphatic heterocycles. The molecule has 2 rings (SSSR count). The molecule has 154 valence electrons. The molecule has 29 heavy (non-hydrogen) atoms. The predicted molar refractivity (Wildman–Crippen MR) is 129 cm³/mol. The fourth-order valence-corrected chi connectivity index (χ4v) is 3.65. The van der Waals surface area contributed by atoms with Crippen LogP contribution in [-0.2, 0) is 0 Å². The van der Waals surface area contributed by atoms with E-state index in [0.717, 1.165) is 38.7 Å². The Morgan fingerprint density at radius 3 is 2.45 bits per heavy atom. The van der Waals surface area contributed by atoms with E-state index >= 15 is 0 Å². The molecule has 0 amide bonds. The lowest BCUT2D eigenvalue weighted by atomic mass is 9.95. The van der Waals surface area contributed by atoms with Crippen LogP contribution in [0.1, 0.15) is 62.2 Å². The second-order valence-electron chi connectivity index (χ2n) is 7.46. The summed E-state index contributed by atoms with van der Waals surface area (Å²) in [7, 11) is 0. The molecule has 0 bridgehead atoms. The lowest BCUT2D eigenvalue weighted by molar-refractivity contribution is 0.539. The van der Waals surface area contributed by atoms with E-state index < -0.39 is 0 Å². The maximum Gasteiger partial charge on any atom is 0.0928 e. The minimum atomic E-state index is -0.102. The fourth-order valence-electron chi connectivity index (χ4n) is 3.31. The summed E-state index contributed by atoms with van der Waals surface area (Å²) < 4.78 is 2.28. The van der Waals surface area contributed by atoms with E-state index in [0.29, 0.717) is 11.1 Å². The number of benzene rings is 1. The number of nitrogens with one attached hydrogen (secondary N) is 1. The van der Waals surface area contributed by atoms with Crippen LogP contribution in [0.2, 0.25) is 5.02 Å². The first-order valence-corrected chi connectivity index (χ1v) is 10.5. The van der Waals surface area contributed by atoms with Gasteiger partial charge in [-0.3, -0.25) is 0 Å². The molecule has 0 radical (unpaired) electrons. The molecule has 1 aromatic carbocycles. The molecule has 2 aromatic rings. The van der Waals surface area contributed by atoms with Gasteiger partial charge in [-0.25, -0.2) is 0 Å². The van der Waals surface area contributed by atoms with E-state index in [9.17, 15) is 0 Å². The number of rotatable bonds is 8. The first-order valence-electron chi connectivity index (χ1n) is 9.74. The van der Waals surface area contributed by atoms with Crippen LogP contribution in [0.15, 0.2) is 72.1 Å². The van der Waals surface area contributed by atoms with E-state index in [-0.39, 0.29) is 6.04 Å². The van der Waals surface area contributed by atoms with Gasteiger partial charge >= 0.3 is 0 Å². The van der Waals surface area contributed by atoms with E-state index in [1.807, 2.05) is 44.2 Å². The Labute approximate surface area is 185 Å². The summed E-state index contributed by atoms with van der Waals surface area (Å²) in [4.78, 5) is 0. The first kappa shape index (κ1) is 23.1. The van der Waals surface area contributed by atoms with Gasteiger partial charge in [0, 0.05) is 28.0 Å². The molecule has 0 saturated carbocycles. The zero-order chi connectivity index (χ0) is 21.7. The highest BCUT2D eigenvalue weighted by Crippen LogP contribution is 2.33. The molecule has 1 aromatic heterocycles. The van der Waals surface area contributed by atoms with Crippen molar-refractivity contribution in [1.29, 1.82) is 0 Å². The fraction of sp³-hybridized carbons (Fsp3) is 0.280. The van der Waals surface area contributed by atoms with Crippen molar-refractivity contribution >= 4 is 29.3 Å². The Kier molecular flexibility index (Phi) is 8.01. The van der Waals surface area contributed by atoms with Crippen molar-refractivity contribution in [2.75, 3.05) is 0 Å². The van der Waals surface area contributed by atoms with Gasteiger partial charge in [-0.1, -0.05) is 54.6 Å². The Morgan fingerprint density at radius 1 is 1.24 bits per heavy atom. The van der Waals surface area contributed by atoms with Gasteiger partial charge in [0.05, 0.1) is 11.7 Å². The number of hydrogen-bond acceptors (Lipinski definition) is 1. The second-order valence-corrected chi connectivity index (χ2v) is 8.30. The highest BCUT2D eigenvalue weighted by molar-refractivity contribution is 6.32. The third-order valence-corrected chi connectivity index (χ3v) is 5.56. The van der Waals surface area contributed by atoms with Crippen molar-refractivity contribution in [2.45, 2.75) is 46.7 Å². The lowest BCUT2D eigenvalue weighted by Crippen LogP contribution is -2.26. The Morgan fingerprint density at radius 2 is 1.93 bits per heavy atom. The zero-order valence-electron chi connectivity index (χ0n) is 17.9. The quantitative estimate of drug-likeness (QED) is 0.421. The summed E-state index contributed by atoms with van der Waals surface area (Å²) in [5, 5.41) is 5.04. The standard InChI is InChI=1S/C25H30Cl2N2/c1-8-19-12-13-29(17(5)6)25(19)24(22-11-10-20(26)14-18(22)7)28-21(9-2)15-23(27)16(3)4/h8-15,17,24,28H,1,3H2,2,4-7H3/b21-9+,23-15+. The van der Waals surface area contributed by atoms with Crippen molar-refractivity contribution in [1.82, 2.24) is 9.88 Å². The van der Waals surface area contributed by atoms with Crippen LogP contribution in [-0.4, -0.2) is 4.57 Å². The summed E-state index contributed by atoms with van der Waals surface area (Å²) >= 11 is 12.6. The van der Waals surface area contributed by atoms with Gasteiger partial charge in [-0.2, -0.15) is 0 Å². The van der Waals surface area contributed by atoms with E-state index in [1.54, 1.807) is 0 Å². The maximum absolute atomic E-state index is 6.38. The molecule has 0 saturated heterocycles. The zero-order valence-corrected chi connectivity index (χ0v) is 19.4. The molecule has 0 aliphatic carbocycles. The lowest BCUT2D eigenvalue weighted by Gasteiger charge is -2.27. The Hall–Kier alpha value is -2.16. The molecule has 0 spiro atoms. The van der Waals surface area contributed by atoms with Gasteiger partial charge in [0.1, 0.15) is 0 Å². The largest absolute Gasteiger partial charge is 0.373 e. The van der Waals surface area contributed by atoms with Crippen molar-refractivity contribution in [3.8, 4) is 0 Å². The molecular formula is C25H30Cl2N2. The molecule has 2 nitrogen and oxygen atoms in total. The number of halogens is 2. The molecule has 1 N–H and O–H groups in total. The molecule has 1 unspecified atom stereocenters. The van der Waals surface area contributed by atoms with Crippen LogP contribution in [0.25, 0.3) is 6.08 Å². The molecular weight excluding hydrogens is 399 g/mol. The monoisotopic (exact) mass is 428 g/mol. The first-order chi connectivity index (χ1) is 13.7. The van der Waals surface area contributed by atoms with Gasteiger partial charge in [-0.05, 0) is 81.2 Å². The molecule has 0 aliphatic rings. The summed E-state index contributed by atoms with van der Waals surface area (Å²) in [6.45, 7) is 18.3. The van der Waals surface area contributed by atoms with Gasteiger partial charge in [-0.15, -0.1) is 0 Å². The number of nitrogens with zero attached hydrogens (tertiary/aromatic N) is 1. The Bertz CT molecular complexity index is 961. The van der Waals surface area contributed by atoms with Crippen LogP contribution in [0, 0.1) is 6.92 Å². The number of hydrogen-bond donors (Lipinski definition) is 1. The number of aromatic nitrogens is 1. The van der Waals surface area contributed by atoms with Gasteiger partial charge in [0.25, 0.3) is 0 Å². The Balaban J connectivity index is 2.68. The number of aryl methyl sites for hydroxylation is 1. The summed E-state index contributed by atoms with van der Waals surface area (Å²) in [6, 6.07) is 8.31. The van der Waals surface area contributed by atoms with Gasteiger partial charge in [0.15, 0.2) is 0 Å². The highest BCUT2D eigenvalue weighted by Gasteiger charge is 2.24. The smallest absolute Gasteiger partial charge is 0.0928 e. The van der Waals surface area contributed by atoms with Gasteiger partial charge in [0.2, 0.25) is 0 Å². The van der Waals surface area contributed by atoms with Crippen LogP contribution >= 0.6 is 23.2 Å². The van der Waals surface area contributed by atoms with Crippen LogP contribution in [0.4, 0.5) is 0 Å². The van der Waals surface area contributed by atoms with E-state index in [2.05, 4.69) is 62.1 Å². The minimum Gasteiger partial charge on any atom is -0.373 e. The van der Waals surface area contributed by atoms with Gasteiger partial charge < -0.3 is 9.88 Å². The molecule has 0 fully saturated rings. The highest BCUT2D eigenvalue weighted by atomic mass is 35.5. The summed E-state index contributed by atoms with van der Waals surface area (Å²) in [5.74, 6) is 0. The SMILES string of the molecule is C=Cc1ccn(C(C)C)c1C(NC(=C/C)/C=C(/Cl)C(=C)C)c1ccc(Cl)cc1C. The third-order valence-electron chi connectivity index (χ3n) is 4.89. The third kappa shape index (κ3) is 5.46.